The van der Waals surface area contributed by atoms with Crippen LogP contribution >= 0.6 is 0 Å². The molecule has 0 nitrogen and oxygen atoms in total. The van der Waals surface area contributed by atoms with Crippen LogP contribution in [0, 0.1) is 56.7 Å². The van der Waals surface area contributed by atoms with Crippen LogP contribution in [0.25, 0.3) is 0 Å². The standard InChI is InChI=1S/C30H50/c1-20(2)10-11-23-21(3)22-12-18-29(8)28(22,7)17-13-25-27(6)16-9-15-26(4,5)24(27)14-19-30(23,25)29/h10,21-25H,9,11-19H2,1-8H3. The highest BCUT2D eigenvalue weighted by molar-refractivity contribution is 5.26. The van der Waals surface area contributed by atoms with E-state index < -0.39 is 0 Å². The Balaban J connectivity index is 1.69. The van der Waals surface area contributed by atoms with Crippen LogP contribution in [0.4, 0.5) is 0 Å². The monoisotopic (exact) mass is 410 g/mol. The van der Waals surface area contributed by atoms with Crippen molar-refractivity contribution < 1.29 is 0 Å². The number of rotatable bonds is 2. The summed E-state index contributed by atoms with van der Waals surface area (Å²) in [4.78, 5) is 0. The van der Waals surface area contributed by atoms with Crippen molar-refractivity contribution in [1.82, 2.24) is 0 Å². The van der Waals surface area contributed by atoms with Gasteiger partial charge in [-0.25, -0.2) is 0 Å². The highest BCUT2D eigenvalue weighted by atomic mass is 14.8. The molecule has 0 N–H and O–H groups in total. The van der Waals surface area contributed by atoms with Crippen molar-refractivity contribution in [3.05, 3.63) is 11.6 Å². The van der Waals surface area contributed by atoms with Crippen LogP contribution in [0.1, 0.15) is 120 Å². The molecule has 1 spiro atoms. The predicted molar refractivity (Wildman–Crippen MR) is 129 cm³/mol. The summed E-state index contributed by atoms with van der Waals surface area (Å²) in [5, 5.41) is 0. The van der Waals surface area contributed by atoms with Crippen molar-refractivity contribution in [1.29, 1.82) is 0 Å². The van der Waals surface area contributed by atoms with E-state index in [9.17, 15) is 0 Å². The van der Waals surface area contributed by atoms with Crippen LogP contribution < -0.4 is 0 Å². The van der Waals surface area contributed by atoms with E-state index in [1.54, 1.807) is 0 Å². The first-order chi connectivity index (χ1) is 13.9. The van der Waals surface area contributed by atoms with Crippen LogP contribution in [0.5, 0.6) is 0 Å². The normalized spacial score (nSPS) is 56.1. The fourth-order valence-corrected chi connectivity index (χ4v) is 12.1. The molecule has 5 rings (SSSR count). The van der Waals surface area contributed by atoms with E-state index in [0.29, 0.717) is 27.1 Å². The third-order valence-electron chi connectivity index (χ3n) is 13.3. The molecule has 0 aromatic heterocycles. The molecule has 9 atom stereocenters. The molecule has 9 unspecified atom stereocenters. The maximum Gasteiger partial charge on any atom is -0.0171 e. The van der Waals surface area contributed by atoms with Gasteiger partial charge in [-0.3, -0.25) is 0 Å². The average molecular weight is 411 g/mol. The van der Waals surface area contributed by atoms with Gasteiger partial charge in [0.2, 0.25) is 0 Å². The molecule has 170 valence electrons. The van der Waals surface area contributed by atoms with Gasteiger partial charge < -0.3 is 0 Å². The fourth-order valence-electron chi connectivity index (χ4n) is 12.1. The minimum Gasteiger partial charge on any atom is -0.0856 e. The molecule has 0 radical (unpaired) electrons. The number of allylic oxidation sites excluding steroid dienone is 2. The van der Waals surface area contributed by atoms with Crippen molar-refractivity contribution in [3.8, 4) is 0 Å². The zero-order valence-corrected chi connectivity index (χ0v) is 21.5. The van der Waals surface area contributed by atoms with Gasteiger partial charge in [0.25, 0.3) is 0 Å². The van der Waals surface area contributed by atoms with E-state index in [0.717, 1.165) is 29.6 Å². The lowest BCUT2D eigenvalue weighted by atomic mass is 9.27. The summed E-state index contributed by atoms with van der Waals surface area (Å²) in [6.45, 7) is 21.0. The summed E-state index contributed by atoms with van der Waals surface area (Å²) >= 11 is 0. The van der Waals surface area contributed by atoms with E-state index in [1.807, 2.05) is 0 Å². The predicted octanol–water partition coefficient (Wildman–Crippen LogP) is 9.05. The largest absolute Gasteiger partial charge is 0.0856 e. The molecule has 0 aliphatic heterocycles. The van der Waals surface area contributed by atoms with E-state index in [2.05, 4.69) is 61.5 Å². The lowest BCUT2D eigenvalue weighted by Gasteiger charge is -2.77. The Hall–Kier alpha value is -0.260. The van der Waals surface area contributed by atoms with Crippen LogP contribution in [0.15, 0.2) is 11.6 Å². The van der Waals surface area contributed by atoms with E-state index in [4.69, 9.17) is 0 Å². The third-order valence-corrected chi connectivity index (χ3v) is 13.3. The van der Waals surface area contributed by atoms with E-state index in [1.165, 1.54) is 69.8 Å². The second-order valence-electron chi connectivity index (χ2n) is 14.4. The van der Waals surface area contributed by atoms with Gasteiger partial charge in [0.1, 0.15) is 0 Å². The molecule has 0 saturated heterocycles. The Kier molecular flexibility index (Phi) is 4.61. The Bertz CT molecular complexity index is 739. The quantitative estimate of drug-likeness (QED) is 0.398. The molecule has 0 aromatic carbocycles. The van der Waals surface area contributed by atoms with Crippen molar-refractivity contribution in [2.45, 2.75) is 120 Å². The minimum absolute atomic E-state index is 0.546. The second kappa shape index (κ2) is 6.41. The number of hydrogen-bond donors (Lipinski definition) is 0. The fraction of sp³-hybridized carbons (Fsp3) is 0.933. The van der Waals surface area contributed by atoms with Gasteiger partial charge in [-0.05, 0) is 128 Å². The van der Waals surface area contributed by atoms with Crippen LogP contribution in [-0.2, 0) is 0 Å². The summed E-state index contributed by atoms with van der Waals surface area (Å²) < 4.78 is 0. The summed E-state index contributed by atoms with van der Waals surface area (Å²) in [6.07, 6.45) is 17.5. The first-order valence-electron chi connectivity index (χ1n) is 13.6. The first-order valence-corrected chi connectivity index (χ1v) is 13.6. The summed E-state index contributed by atoms with van der Waals surface area (Å²) in [5.41, 5.74) is 4.40. The molecule has 4 bridgehead atoms. The van der Waals surface area contributed by atoms with Crippen molar-refractivity contribution >= 4 is 0 Å². The lowest BCUT2D eigenvalue weighted by molar-refractivity contribution is -0.288. The van der Waals surface area contributed by atoms with Crippen LogP contribution in [-0.4, -0.2) is 0 Å². The highest BCUT2D eigenvalue weighted by Gasteiger charge is 2.77. The summed E-state index contributed by atoms with van der Waals surface area (Å²) in [6, 6.07) is 0. The second-order valence-corrected chi connectivity index (χ2v) is 14.4. The van der Waals surface area contributed by atoms with Crippen LogP contribution in [0.2, 0.25) is 0 Å². The van der Waals surface area contributed by atoms with Gasteiger partial charge in [0.05, 0.1) is 0 Å². The maximum atomic E-state index is 2.82. The molecular formula is C30H50. The third kappa shape index (κ3) is 2.31. The average Bonchev–Trinajstić information content (AvgIpc) is 2.87. The maximum absolute atomic E-state index is 2.82. The van der Waals surface area contributed by atoms with Gasteiger partial charge in [-0.2, -0.15) is 0 Å². The van der Waals surface area contributed by atoms with Crippen molar-refractivity contribution in [3.63, 3.8) is 0 Å². The molecular weight excluding hydrogens is 360 g/mol. The molecule has 0 aromatic rings. The Morgan fingerprint density at radius 2 is 1.53 bits per heavy atom. The summed E-state index contributed by atoms with van der Waals surface area (Å²) in [5.74, 6) is 4.68. The Morgan fingerprint density at radius 3 is 2.23 bits per heavy atom. The van der Waals surface area contributed by atoms with E-state index in [-0.39, 0.29) is 0 Å². The minimum atomic E-state index is 0.546. The smallest absolute Gasteiger partial charge is 0.0171 e. The molecule has 30 heavy (non-hydrogen) atoms. The molecule has 0 heterocycles. The topological polar surface area (TPSA) is 0 Å². The Morgan fingerprint density at radius 1 is 0.833 bits per heavy atom. The summed E-state index contributed by atoms with van der Waals surface area (Å²) in [7, 11) is 0. The molecule has 5 saturated carbocycles. The zero-order chi connectivity index (χ0) is 21.7. The lowest BCUT2D eigenvalue weighted by Crippen LogP contribution is -2.71. The van der Waals surface area contributed by atoms with Gasteiger partial charge in [0.15, 0.2) is 0 Å². The molecule has 5 aliphatic rings. The zero-order valence-electron chi connectivity index (χ0n) is 21.5. The molecule has 0 heteroatoms. The SMILES string of the molecule is CC(C)=CCC1C(C)C2CCC3(C)C2(C)CCC2C4(C)CCCC(C)(C)C4CCC123. The van der Waals surface area contributed by atoms with Crippen molar-refractivity contribution in [2.75, 3.05) is 0 Å². The number of hydrogen-bond acceptors (Lipinski definition) is 0. The van der Waals surface area contributed by atoms with Gasteiger partial charge >= 0.3 is 0 Å². The van der Waals surface area contributed by atoms with E-state index >= 15 is 0 Å². The molecule has 5 aliphatic carbocycles. The number of fused-ring (bicyclic) bond motifs is 2. The van der Waals surface area contributed by atoms with Crippen molar-refractivity contribution in [2.24, 2.45) is 56.7 Å². The molecule has 5 fully saturated rings. The van der Waals surface area contributed by atoms with Crippen LogP contribution in [0.3, 0.4) is 0 Å². The highest BCUT2D eigenvalue weighted by Crippen LogP contribution is 2.84. The van der Waals surface area contributed by atoms with Gasteiger partial charge in [-0.15, -0.1) is 0 Å². The first kappa shape index (κ1) is 21.6. The molecule has 0 amide bonds. The van der Waals surface area contributed by atoms with Gasteiger partial charge in [-0.1, -0.05) is 59.6 Å². The van der Waals surface area contributed by atoms with Gasteiger partial charge in [0, 0.05) is 0 Å². The Labute approximate surface area is 188 Å².